The fraction of sp³-hybridized carbons (Fsp3) is 0.211. The quantitative estimate of drug-likeness (QED) is 0.616. The molecule has 0 aliphatic carbocycles. The number of aromatic nitrogens is 1. The number of nitrogens with one attached hydrogen (secondary N) is 1. The smallest absolute Gasteiger partial charge is 0.285 e. The molecule has 0 fully saturated rings. The van der Waals surface area contributed by atoms with Gasteiger partial charge in [-0.15, -0.1) is 10.2 Å². The number of rotatable bonds is 6. The lowest BCUT2D eigenvalue weighted by Gasteiger charge is -2.23. The predicted octanol–water partition coefficient (Wildman–Crippen LogP) is 3.51. The summed E-state index contributed by atoms with van der Waals surface area (Å²) in [6, 6.07) is 14.0. The SMILES string of the molecule is CCc1ccccc1N(CC(=O)N=Nc1c(O)[nH]c2ccccc12)S(C)(=O)=O. The summed E-state index contributed by atoms with van der Waals surface area (Å²) < 4.78 is 25.5. The number of H-pyrrole nitrogens is 1. The first-order valence-electron chi connectivity index (χ1n) is 8.61. The number of carbonyl (C=O) groups is 1. The summed E-state index contributed by atoms with van der Waals surface area (Å²) in [6.45, 7) is 1.42. The highest BCUT2D eigenvalue weighted by molar-refractivity contribution is 7.92. The van der Waals surface area contributed by atoms with Gasteiger partial charge in [0, 0.05) is 5.39 Å². The molecule has 3 rings (SSSR count). The summed E-state index contributed by atoms with van der Waals surface area (Å²) in [5.74, 6) is -0.963. The molecule has 0 spiro atoms. The average molecular weight is 400 g/mol. The van der Waals surface area contributed by atoms with Gasteiger partial charge >= 0.3 is 0 Å². The molecular formula is C19H20N4O4S. The maximum Gasteiger partial charge on any atom is 0.285 e. The highest BCUT2D eigenvalue weighted by Gasteiger charge is 2.23. The number of aromatic amines is 1. The molecule has 9 heteroatoms. The second-order valence-corrected chi connectivity index (χ2v) is 8.12. The molecule has 0 saturated carbocycles. The van der Waals surface area contributed by atoms with E-state index in [-0.39, 0.29) is 11.6 Å². The van der Waals surface area contributed by atoms with Crippen molar-refractivity contribution in [2.24, 2.45) is 10.2 Å². The van der Waals surface area contributed by atoms with Crippen molar-refractivity contribution in [3.05, 3.63) is 54.1 Å². The normalized spacial score (nSPS) is 11.9. The number of anilines is 1. The Labute approximate surface area is 162 Å². The second-order valence-electron chi connectivity index (χ2n) is 6.21. The van der Waals surface area contributed by atoms with Crippen LogP contribution < -0.4 is 4.31 Å². The summed E-state index contributed by atoms with van der Waals surface area (Å²) in [7, 11) is -3.71. The summed E-state index contributed by atoms with van der Waals surface area (Å²) in [5, 5.41) is 18.0. The van der Waals surface area contributed by atoms with Gasteiger partial charge in [-0.1, -0.05) is 43.3 Å². The number of benzene rings is 2. The van der Waals surface area contributed by atoms with Crippen LogP contribution in [0, 0.1) is 0 Å². The van der Waals surface area contributed by atoms with Crippen molar-refractivity contribution in [3.8, 4) is 5.88 Å². The fourth-order valence-electron chi connectivity index (χ4n) is 2.91. The van der Waals surface area contributed by atoms with Crippen LogP contribution in [0.5, 0.6) is 5.88 Å². The number of sulfonamides is 1. The molecule has 1 aromatic heterocycles. The van der Waals surface area contributed by atoms with Gasteiger partial charge in [0.2, 0.25) is 15.9 Å². The molecule has 1 heterocycles. The first kappa shape index (κ1) is 19.6. The fourth-order valence-corrected chi connectivity index (χ4v) is 3.79. The number of amides is 1. The van der Waals surface area contributed by atoms with Crippen LogP contribution in [0.15, 0.2) is 58.8 Å². The first-order chi connectivity index (χ1) is 13.3. The number of azo groups is 1. The minimum atomic E-state index is -3.71. The number of fused-ring (bicyclic) bond motifs is 1. The minimum Gasteiger partial charge on any atom is -0.493 e. The van der Waals surface area contributed by atoms with Gasteiger partial charge in [0.15, 0.2) is 5.69 Å². The van der Waals surface area contributed by atoms with E-state index in [0.29, 0.717) is 23.0 Å². The molecule has 0 aliphatic heterocycles. The van der Waals surface area contributed by atoms with Crippen molar-refractivity contribution in [1.82, 2.24) is 4.98 Å². The van der Waals surface area contributed by atoms with Crippen LogP contribution in [0.1, 0.15) is 12.5 Å². The lowest BCUT2D eigenvalue weighted by atomic mass is 10.1. The van der Waals surface area contributed by atoms with Crippen molar-refractivity contribution < 1.29 is 18.3 Å². The highest BCUT2D eigenvalue weighted by atomic mass is 32.2. The third kappa shape index (κ3) is 4.04. The largest absolute Gasteiger partial charge is 0.493 e. The van der Waals surface area contributed by atoms with E-state index in [1.54, 1.807) is 36.4 Å². The Hall–Kier alpha value is -3.20. The van der Waals surface area contributed by atoms with E-state index < -0.39 is 22.5 Å². The number of carbonyl (C=O) groups excluding carboxylic acids is 1. The number of hydrogen-bond donors (Lipinski definition) is 2. The van der Waals surface area contributed by atoms with Crippen LogP contribution in [-0.4, -0.2) is 37.2 Å². The second kappa shape index (κ2) is 7.81. The Morgan fingerprint density at radius 2 is 1.82 bits per heavy atom. The number of aryl methyl sites for hydroxylation is 1. The zero-order valence-corrected chi connectivity index (χ0v) is 16.3. The van der Waals surface area contributed by atoms with E-state index in [9.17, 15) is 18.3 Å². The van der Waals surface area contributed by atoms with Crippen LogP contribution in [0.2, 0.25) is 0 Å². The molecule has 0 bridgehead atoms. The van der Waals surface area contributed by atoms with Crippen molar-refractivity contribution in [2.75, 3.05) is 17.1 Å². The van der Waals surface area contributed by atoms with Gasteiger partial charge in [-0.2, -0.15) is 0 Å². The van der Waals surface area contributed by atoms with Crippen LogP contribution in [0.4, 0.5) is 11.4 Å². The van der Waals surface area contributed by atoms with Gasteiger partial charge in [0.1, 0.15) is 6.54 Å². The molecule has 8 nitrogen and oxygen atoms in total. The lowest BCUT2D eigenvalue weighted by Crippen LogP contribution is -2.35. The summed E-state index contributed by atoms with van der Waals surface area (Å²) in [6.07, 6.45) is 1.65. The van der Waals surface area contributed by atoms with E-state index in [0.717, 1.165) is 16.1 Å². The Kier molecular flexibility index (Phi) is 5.46. The maximum atomic E-state index is 12.4. The van der Waals surface area contributed by atoms with Gasteiger partial charge in [-0.25, -0.2) is 8.42 Å². The van der Waals surface area contributed by atoms with Crippen LogP contribution in [0.25, 0.3) is 10.9 Å². The zero-order valence-electron chi connectivity index (χ0n) is 15.5. The molecule has 2 N–H and O–H groups in total. The molecule has 146 valence electrons. The third-order valence-corrected chi connectivity index (χ3v) is 5.37. The van der Waals surface area contributed by atoms with Gasteiger partial charge in [0.05, 0.1) is 17.5 Å². The van der Waals surface area contributed by atoms with E-state index in [1.807, 2.05) is 19.1 Å². The minimum absolute atomic E-state index is 0.129. The van der Waals surface area contributed by atoms with E-state index in [1.165, 1.54) is 0 Å². The Bertz CT molecular complexity index is 1150. The number of para-hydroxylation sites is 2. The molecule has 0 unspecified atom stereocenters. The molecule has 0 atom stereocenters. The van der Waals surface area contributed by atoms with E-state index in [2.05, 4.69) is 15.2 Å². The Morgan fingerprint density at radius 1 is 1.14 bits per heavy atom. The third-order valence-electron chi connectivity index (χ3n) is 4.24. The molecule has 0 radical (unpaired) electrons. The number of aromatic hydroxyl groups is 1. The molecular weight excluding hydrogens is 380 g/mol. The summed E-state index contributed by atoms with van der Waals surface area (Å²) in [4.78, 5) is 15.1. The van der Waals surface area contributed by atoms with Crippen LogP contribution in [-0.2, 0) is 21.2 Å². The average Bonchev–Trinajstić information content (AvgIpc) is 2.98. The molecule has 1 amide bonds. The highest BCUT2D eigenvalue weighted by Crippen LogP contribution is 2.35. The van der Waals surface area contributed by atoms with E-state index in [4.69, 9.17) is 0 Å². The van der Waals surface area contributed by atoms with Gasteiger partial charge < -0.3 is 10.1 Å². The van der Waals surface area contributed by atoms with E-state index >= 15 is 0 Å². The summed E-state index contributed by atoms with van der Waals surface area (Å²) in [5.41, 5.74) is 2.01. The molecule has 2 aromatic carbocycles. The zero-order chi connectivity index (χ0) is 20.3. The predicted molar refractivity (Wildman–Crippen MR) is 107 cm³/mol. The molecule has 0 saturated heterocycles. The van der Waals surface area contributed by atoms with Crippen LogP contribution in [0.3, 0.4) is 0 Å². The van der Waals surface area contributed by atoms with Crippen LogP contribution >= 0.6 is 0 Å². The number of hydrogen-bond acceptors (Lipinski definition) is 5. The standard InChI is InChI=1S/C19H20N4O4S/c1-3-13-8-4-7-11-16(13)23(28(2,26)27)12-17(24)21-22-18-14-9-5-6-10-15(14)20-19(18)25/h4-11,20,25H,3,12H2,1-2H3. The van der Waals surface area contributed by atoms with Crippen molar-refractivity contribution in [2.45, 2.75) is 13.3 Å². The lowest BCUT2D eigenvalue weighted by molar-refractivity contribution is -0.116. The molecule has 3 aromatic rings. The van der Waals surface area contributed by atoms with Gasteiger partial charge in [-0.3, -0.25) is 9.10 Å². The monoisotopic (exact) mass is 400 g/mol. The molecule has 0 aliphatic rings. The van der Waals surface area contributed by atoms with Crippen molar-refractivity contribution in [3.63, 3.8) is 0 Å². The van der Waals surface area contributed by atoms with Crippen molar-refractivity contribution >= 4 is 38.2 Å². The van der Waals surface area contributed by atoms with Gasteiger partial charge in [-0.05, 0) is 24.1 Å². The molecule has 28 heavy (non-hydrogen) atoms. The number of nitrogens with zero attached hydrogens (tertiary/aromatic N) is 3. The Balaban J connectivity index is 1.89. The van der Waals surface area contributed by atoms with Crippen molar-refractivity contribution in [1.29, 1.82) is 0 Å². The Morgan fingerprint density at radius 3 is 2.54 bits per heavy atom. The summed E-state index contributed by atoms with van der Waals surface area (Å²) >= 11 is 0. The maximum absolute atomic E-state index is 12.4. The van der Waals surface area contributed by atoms with Gasteiger partial charge in [0.25, 0.3) is 5.91 Å². The first-order valence-corrected chi connectivity index (χ1v) is 10.5. The topological polar surface area (TPSA) is 115 Å².